The third kappa shape index (κ3) is 3.38. The monoisotopic (exact) mass is 269 g/mol. The summed E-state index contributed by atoms with van der Waals surface area (Å²) in [5, 5.41) is 7.15. The van der Waals surface area contributed by atoms with E-state index in [0.29, 0.717) is 41.7 Å². The molecule has 18 heavy (non-hydrogen) atoms. The van der Waals surface area contributed by atoms with Gasteiger partial charge in [0.2, 0.25) is 5.89 Å². The van der Waals surface area contributed by atoms with Crippen molar-refractivity contribution in [3.8, 4) is 0 Å². The van der Waals surface area contributed by atoms with Crippen molar-refractivity contribution in [1.82, 2.24) is 20.1 Å². The lowest BCUT2D eigenvalue weighted by molar-refractivity contribution is 0.178. The van der Waals surface area contributed by atoms with Crippen molar-refractivity contribution in [2.75, 3.05) is 12.4 Å². The molecule has 0 spiro atoms. The van der Waals surface area contributed by atoms with Crippen LogP contribution in [0.15, 0.2) is 10.6 Å². The topological polar surface area (TPSA) is 86.0 Å². The highest BCUT2D eigenvalue weighted by atomic mass is 35.5. The van der Waals surface area contributed by atoms with Gasteiger partial charge < -0.3 is 14.6 Å². The first-order valence-electron chi connectivity index (χ1n) is 5.23. The van der Waals surface area contributed by atoms with Crippen molar-refractivity contribution in [3.63, 3.8) is 0 Å². The van der Waals surface area contributed by atoms with Crippen LogP contribution in [0.1, 0.15) is 17.5 Å². The molecular formula is C10H12ClN5O2. The quantitative estimate of drug-likeness (QED) is 0.825. The minimum Gasteiger partial charge on any atom is -0.377 e. The number of hydrogen-bond acceptors (Lipinski definition) is 7. The van der Waals surface area contributed by atoms with Gasteiger partial charge in [0.05, 0.1) is 6.54 Å². The van der Waals surface area contributed by atoms with E-state index in [4.69, 9.17) is 20.9 Å². The molecule has 0 radical (unpaired) electrons. The molecule has 0 aliphatic carbocycles. The number of anilines is 1. The van der Waals surface area contributed by atoms with Gasteiger partial charge in [-0.15, -0.1) is 0 Å². The third-order valence-corrected chi connectivity index (χ3v) is 2.21. The molecule has 0 fully saturated rings. The summed E-state index contributed by atoms with van der Waals surface area (Å²) in [5.41, 5.74) is 0. The number of aromatic nitrogens is 4. The number of nitrogens with one attached hydrogen (secondary N) is 1. The fraction of sp³-hybridized carbons (Fsp3) is 0.400. The maximum atomic E-state index is 5.88. The van der Waals surface area contributed by atoms with Crippen LogP contribution in [0, 0.1) is 6.92 Å². The molecule has 2 aromatic heterocycles. The Bertz CT molecular complexity index is 531. The van der Waals surface area contributed by atoms with Crippen LogP contribution < -0.4 is 5.32 Å². The van der Waals surface area contributed by atoms with Crippen molar-refractivity contribution >= 4 is 17.4 Å². The maximum Gasteiger partial charge on any atom is 0.223 e. The Morgan fingerprint density at radius 3 is 2.83 bits per heavy atom. The number of rotatable bonds is 5. The number of halogens is 1. The van der Waals surface area contributed by atoms with Crippen LogP contribution >= 0.6 is 11.6 Å². The van der Waals surface area contributed by atoms with Crippen LogP contribution in [-0.4, -0.2) is 27.2 Å². The molecule has 0 amide bonds. The van der Waals surface area contributed by atoms with E-state index in [9.17, 15) is 0 Å². The average molecular weight is 270 g/mol. The van der Waals surface area contributed by atoms with Crippen LogP contribution in [0.4, 0.5) is 5.82 Å². The molecular weight excluding hydrogens is 258 g/mol. The standard InChI is InChI=1S/C10H12ClN5O2/c1-6-13-9(16-18-6)4-12-8-3-7(11)14-10(15-8)5-17-2/h3H,4-5H2,1-2H3,(H,12,14,15). The van der Waals surface area contributed by atoms with Crippen molar-refractivity contribution in [2.24, 2.45) is 0 Å². The Hall–Kier alpha value is -1.73. The lowest BCUT2D eigenvalue weighted by Crippen LogP contribution is -2.06. The van der Waals surface area contributed by atoms with Crippen LogP contribution in [-0.2, 0) is 17.9 Å². The zero-order chi connectivity index (χ0) is 13.0. The van der Waals surface area contributed by atoms with E-state index in [1.807, 2.05) is 0 Å². The van der Waals surface area contributed by atoms with Crippen molar-refractivity contribution in [3.05, 3.63) is 28.8 Å². The van der Waals surface area contributed by atoms with E-state index >= 15 is 0 Å². The van der Waals surface area contributed by atoms with Crippen LogP contribution in [0.3, 0.4) is 0 Å². The van der Waals surface area contributed by atoms with Gasteiger partial charge in [-0.2, -0.15) is 4.98 Å². The Kier molecular flexibility index (Phi) is 4.06. The normalized spacial score (nSPS) is 10.6. The smallest absolute Gasteiger partial charge is 0.223 e. The Morgan fingerprint density at radius 1 is 1.33 bits per heavy atom. The Balaban J connectivity index is 2.04. The number of ether oxygens (including phenoxy) is 1. The first-order chi connectivity index (χ1) is 8.67. The van der Waals surface area contributed by atoms with Gasteiger partial charge in [0.1, 0.15) is 17.6 Å². The van der Waals surface area contributed by atoms with Crippen LogP contribution in [0.2, 0.25) is 5.15 Å². The van der Waals surface area contributed by atoms with E-state index in [2.05, 4.69) is 25.4 Å². The largest absolute Gasteiger partial charge is 0.377 e. The van der Waals surface area contributed by atoms with Crippen molar-refractivity contribution < 1.29 is 9.26 Å². The van der Waals surface area contributed by atoms with Gasteiger partial charge in [0.15, 0.2) is 11.6 Å². The Labute approximate surface area is 109 Å². The summed E-state index contributed by atoms with van der Waals surface area (Å²) >= 11 is 5.88. The first kappa shape index (κ1) is 12.7. The molecule has 0 saturated carbocycles. The maximum absolute atomic E-state index is 5.88. The molecule has 2 aromatic rings. The number of nitrogens with zero attached hydrogens (tertiary/aromatic N) is 4. The molecule has 2 rings (SSSR count). The predicted molar refractivity (Wildman–Crippen MR) is 64.1 cm³/mol. The lowest BCUT2D eigenvalue weighted by atomic mass is 10.5. The average Bonchev–Trinajstić information content (AvgIpc) is 2.72. The van der Waals surface area contributed by atoms with E-state index in [1.54, 1.807) is 20.1 Å². The fourth-order valence-electron chi connectivity index (χ4n) is 1.33. The summed E-state index contributed by atoms with van der Waals surface area (Å²) < 4.78 is 9.81. The molecule has 8 heteroatoms. The Morgan fingerprint density at radius 2 is 2.17 bits per heavy atom. The molecule has 0 saturated heterocycles. The van der Waals surface area contributed by atoms with Crippen LogP contribution in [0.5, 0.6) is 0 Å². The molecule has 0 atom stereocenters. The van der Waals surface area contributed by atoms with Gasteiger partial charge in [0.25, 0.3) is 0 Å². The molecule has 96 valence electrons. The zero-order valence-corrected chi connectivity index (χ0v) is 10.7. The summed E-state index contributed by atoms with van der Waals surface area (Å²) in [6.45, 7) is 2.43. The van der Waals surface area contributed by atoms with Gasteiger partial charge >= 0.3 is 0 Å². The number of aryl methyl sites for hydroxylation is 1. The van der Waals surface area contributed by atoms with Gasteiger partial charge in [-0.1, -0.05) is 16.8 Å². The highest BCUT2D eigenvalue weighted by Gasteiger charge is 2.05. The second-order valence-corrected chi connectivity index (χ2v) is 3.90. The molecule has 1 N–H and O–H groups in total. The molecule has 0 bridgehead atoms. The molecule has 0 aliphatic rings. The fourth-order valence-corrected chi connectivity index (χ4v) is 1.53. The van der Waals surface area contributed by atoms with Gasteiger partial charge in [-0.3, -0.25) is 0 Å². The van der Waals surface area contributed by atoms with E-state index in [-0.39, 0.29) is 0 Å². The number of hydrogen-bond donors (Lipinski definition) is 1. The summed E-state index contributed by atoms with van der Waals surface area (Å²) in [4.78, 5) is 12.3. The van der Waals surface area contributed by atoms with Gasteiger partial charge in [0, 0.05) is 20.1 Å². The SMILES string of the molecule is COCc1nc(Cl)cc(NCc2noc(C)n2)n1. The van der Waals surface area contributed by atoms with Gasteiger partial charge in [-0.05, 0) is 0 Å². The van der Waals surface area contributed by atoms with E-state index < -0.39 is 0 Å². The summed E-state index contributed by atoms with van der Waals surface area (Å²) in [5.74, 6) is 2.17. The summed E-state index contributed by atoms with van der Waals surface area (Å²) in [7, 11) is 1.57. The van der Waals surface area contributed by atoms with E-state index in [1.165, 1.54) is 0 Å². The molecule has 7 nitrogen and oxygen atoms in total. The lowest BCUT2D eigenvalue weighted by Gasteiger charge is -2.05. The predicted octanol–water partition coefficient (Wildman–Crippen LogP) is 1.58. The summed E-state index contributed by atoms with van der Waals surface area (Å²) in [6, 6.07) is 1.62. The minimum absolute atomic E-state index is 0.302. The number of methoxy groups -OCH3 is 1. The minimum atomic E-state index is 0.302. The van der Waals surface area contributed by atoms with Crippen LogP contribution in [0.25, 0.3) is 0 Å². The molecule has 2 heterocycles. The molecule has 0 aliphatic heterocycles. The van der Waals surface area contributed by atoms with Crippen molar-refractivity contribution in [1.29, 1.82) is 0 Å². The van der Waals surface area contributed by atoms with Gasteiger partial charge in [-0.25, -0.2) is 9.97 Å². The summed E-state index contributed by atoms with van der Waals surface area (Å²) in [6.07, 6.45) is 0. The second kappa shape index (κ2) is 5.74. The van der Waals surface area contributed by atoms with Crippen molar-refractivity contribution in [2.45, 2.75) is 20.1 Å². The highest BCUT2D eigenvalue weighted by molar-refractivity contribution is 6.29. The molecule has 0 unspecified atom stereocenters. The first-order valence-corrected chi connectivity index (χ1v) is 5.60. The van der Waals surface area contributed by atoms with E-state index in [0.717, 1.165) is 0 Å². The third-order valence-electron chi connectivity index (χ3n) is 2.01. The molecule has 0 aromatic carbocycles. The highest BCUT2D eigenvalue weighted by Crippen LogP contribution is 2.12. The second-order valence-electron chi connectivity index (χ2n) is 3.51. The zero-order valence-electron chi connectivity index (χ0n) is 9.97.